The SMILES string of the molecule is CN1CCC[C@@H]1C(=O)CCC1(O)C2CC[C@H]1CC(S(=O)(=O)c1cc(C(=O)Nc3cc(F)c(F)c(F)c3)ccc1Cl)C2. The van der Waals surface area contributed by atoms with Crippen molar-refractivity contribution in [1.82, 2.24) is 4.90 Å². The van der Waals surface area contributed by atoms with Crippen molar-refractivity contribution in [3.05, 3.63) is 58.4 Å². The largest absolute Gasteiger partial charge is 0.389 e. The minimum Gasteiger partial charge on any atom is -0.389 e. The highest BCUT2D eigenvalue weighted by Crippen LogP contribution is 2.54. The second-order valence-corrected chi connectivity index (χ2v) is 14.2. The summed E-state index contributed by atoms with van der Waals surface area (Å²) in [4.78, 5) is 27.4. The summed E-state index contributed by atoms with van der Waals surface area (Å²) in [5.74, 6) is -5.97. The van der Waals surface area contributed by atoms with E-state index in [0.717, 1.165) is 25.5 Å². The molecule has 1 amide bonds. The number of likely N-dealkylation sites (N-methyl/N-ethyl adjacent to an activating group) is 1. The number of amides is 1. The molecule has 3 unspecified atom stereocenters. The van der Waals surface area contributed by atoms with Crippen molar-refractivity contribution >= 4 is 38.8 Å². The number of fused-ring (bicyclic) bond motifs is 2. The zero-order valence-corrected chi connectivity index (χ0v) is 24.1. The van der Waals surface area contributed by atoms with Gasteiger partial charge in [-0.3, -0.25) is 14.5 Å². The maximum atomic E-state index is 13.8. The molecule has 5 atom stereocenters. The zero-order chi connectivity index (χ0) is 29.7. The molecule has 2 aliphatic carbocycles. The first-order chi connectivity index (χ1) is 19.3. The number of carbonyl (C=O) groups excluding carboxylic acids is 2. The molecule has 0 aromatic heterocycles. The summed E-state index contributed by atoms with van der Waals surface area (Å²) in [6.45, 7) is 0.875. The summed E-state index contributed by atoms with van der Waals surface area (Å²) in [6.07, 6.45) is 4.06. The van der Waals surface area contributed by atoms with Gasteiger partial charge in [0.25, 0.3) is 5.91 Å². The zero-order valence-electron chi connectivity index (χ0n) is 22.5. The Morgan fingerprint density at radius 2 is 1.71 bits per heavy atom. The van der Waals surface area contributed by atoms with Gasteiger partial charge < -0.3 is 10.4 Å². The van der Waals surface area contributed by atoms with Crippen molar-refractivity contribution in [2.75, 3.05) is 18.9 Å². The van der Waals surface area contributed by atoms with Crippen LogP contribution in [0.15, 0.2) is 35.2 Å². The third kappa shape index (κ3) is 5.66. The van der Waals surface area contributed by atoms with Gasteiger partial charge in [-0.1, -0.05) is 11.6 Å². The molecule has 2 aromatic rings. The number of nitrogens with zero attached hydrogens (tertiary/aromatic N) is 1. The second-order valence-electron chi connectivity index (χ2n) is 11.6. The van der Waals surface area contributed by atoms with Crippen molar-refractivity contribution in [2.24, 2.45) is 11.8 Å². The van der Waals surface area contributed by atoms with Crippen LogP contribution in [0.1, 0.15) is 61.7 Å². The molecular formula is C29H32ClF3N2O5S. The first-order valence-electron chi connectivity index (χ1n) is 13.8. The van der Waals surface area contributed by atoms with Gasteiger partial charge in [0.05, 0.1) is 26.8 Å². The highest BCUT2D eigenvalue weighted by atomic mass is 35.5. The number of benzene rings is 2. The van der Waals surface area contributed by atoms with Crippen LogP contribution in [0.25, 0.3) is 0 Å². The van der Waals surface area contributed by atoms with Gasteiger partial charge in [0, 0.05) is 29.8 Å². The molecule has 2 aromatic carbocycles. The smallest absolute Gasteiger partial charge is 0.255 e. The van der Waals surface area contributed by atoms with Gasteiger partial charge >= 0.3 is 0 Å². The van der Waals surface area contributed by atoms with Crippen LogP contribution in [0.3, 0.4) is 0 Å². The maximum absolute atomic E-state index is 13.8. The number of Topliss-reactive ketones (excluding diaryl/α,β-unsaturated/α-hetero) is 1. The molecule has 1 heterocycles. The van der Waals surface area contributed by atoms with Gasteiger partial charge in [-0.15, -0.1) is 0 Å². The van der Waals surface area contributed by atoms with Crippen LogP contribution < -0.4 is 5.32 Å². The first kappa shape index (κ1) is 30.0. The fraction of sp³-hybridized carbons (Fsp3) is 0.517. The lowest BCUT2D eigenvalue weighted by atomic mass is 9.71. The van der Waals surface area contributed by atoms with E-state index in [1.54, 1.807) is 0 Å². The standard InChI is InChI=1S/C29H32ClF3N2O5S/c1-35-10-2-3-24(35)25(36)8-9-29(38)17-5-6-18(29)13-20(12-17)41(39,40)26-11-16(4-7-21(26)30)28(37)34-19-14-22(31)27(33)23(32)15-19/h4,7,11,14-15,17-18,20,24,38H,2-3,5-6,8-10,12-13H2,1H3,(H,34,37)/t17-,18?,20?,24+,29?/m0/s1. The van der Waals surface area contributed by atoms with Crippen molar-refractivity contribution in [3.63, 3.8) is 0 Å². The molecular weight excluding hydrogens is 581 g/mol. The highest BCUT2D eigenvalue weighted by Gasteiger charge is 2.55. The normalized spacial score (nSPS) is 28.1. The molecule has 2 bridgehead atoms. The van der Waals surface area contributed by atoms with Crippen molar-refractivity contribution in [3.8, 4) is 0 Å². The summed E-state index contributed by atoms with van der Waals surface area (Å²) in [5.41, 5.74) is -1.57. The summed E-state index contributed by atoms with van der Waals surface area (Å²) >= 11 is 6.28. The topological polar surface area (TPSA) is 104 Å². The maximum Gasteiger partial charge on any atom is 0.255 e. The summed E-state index contributed by atoms with van der Waals surface area (Å²) in [6, 6.07) is 4.75. The quantitative estimate of drug-likeness (QED) is 0.400. The highest BCUT2D eigenvalue weighted by molar-refractivity contribution is 7.92. The number of carbonyl (C=O) groups is 2. The van der Waals surface area contributed by atoms with Crippen LogP contribution in [0.2, 0.25) is 5.02 Å². The van der Waals surface area contributed by atoms with Crippen LogP contribution in [-0.4, -0.2) is 60.6 Å². The Bertz CT molecular complexity index is 1450. The van der Waals surface area contributed by atoms with E-state index in [9.17, 15) is 36.3 Å². The van der Waals surface area contributed by atoms with E-state index in [1.807, 2.05) is 11.9 Å². The van der Waals surface area contributed by atoms with E-state index < -0.39 is 44.0 Å². The Morgan fingerprint density at radius 3 is 2.29 bits per heavy atom. The van der Waals surface area contributed by atoms with Gasteiger partial charge in [-0.2, -0.15) is 0 Å². The average molecular weight is 613 g/mol. The van der Waals surface area contributed by atoms with E-state index in [1.165, 1.54) is 12.1 Å². The molecule has 0 radical (unpaired) electrons. The number of anilines is 1. The van der Waals surface area contributed by atoms with Crippen molar-refractivity contribution < 1.29 is 36.3 Å². The molecule has 7 nitrogen and oxygen atoms in total. The molecule has 1 saturated heterocycles. The first-order valence-corrected chi connectivity index (χ1v) is 15.7. The molecule has 2 saturated carbocycles. The third-order valence-corrected chi connectivity index (χ3v) is 11.9. The summed E-state index contributed by atoms with van der Waals surface area (Å²) in [5, 5.41) is 12.9. The summed E-state index contributed by atoms with van der Waals surface area (Å²) < 4.78 is 68.0. The Hall–Kier alpha value is -2.47. The Kier molecular flexibility index (Phi) is 8.28. The number of nitrogens with one attached hydrogen (secondary N) is 1. The van der Waals surface area contributed by atoms with E-state index in [2.05, 4.69) is 5.32 Å². The second kappa shape index (κ2) is 11.3. The van der Waals surface area contributed by atoms with Gasteiger partial charge in [-0.25, -0.2) is 21.6 Å². The lowest BCUT2D eigenvalue weighted by Gasteiger charge is -2.42. The molecule has 3 aliphatic rings. The van der Waals surface area contributed by atoms with Crippen molar-refractivity contribution in [1.29, 1.82) is 0 Å². The van der Waals surface area contributed by atoms with Crippen LogP contribution in [-0.2, 0) is 14.6 Å². The van der Waals surface area contributed by atoms with Crippen LogP contribution in [0, 0.1) is 29.3 Å². The van der Waals surface area contributed by atoms with Crippen LogP contribution in [0.4, 0.5) is 18.9 Å². The Balaban J connectivity index is 1.30. The number of ketones is 1. The van der Waals surface area contributed by atoms with E-state index in [-0.39, 0.29) is 64.1 Å². The molecule has 5 rings (SSSR count). The van der Waals surface area contributed by atoms with E-state index >= 15 is 0 Å². The molecule has 2 N–H and O–H groups in total. The third-order valence-electron chi connectivity index (χ3n) is 9.22. The van der Waals surface area contributed by atoms with E-state index in [0.29, 0.717) is 31.4 Å². The number of hydrogen-bond donors (Lipinski definition) is 2. The fourth-order valence-corrected chi connectivity index (χ4v) is 9.35. The predicted octanol–water partition coefficient (Wildman–Crippen LogP) is 5.15. The monoisotopic (exact) mass is 612 g/mol. The Morgan fingerprint density at radius 1 is 1.07 bits per heavy atom. The molecule has 0 spiro atoms. The van der Waals surface area contributed by atoms with E-state index in [4.69, 9.17) is 11.6 Å². The minimum atomic E-state index is -4.03. The lowest BCUT2D eigenvalue weighted by molar-refractivity contribution is -0.126. The molecule has 222 valence electrons. The van der Waals surface area contributed by atoms with Gasteiger partial charge in [-0.05, 0) is 88.6 Å². The van der Waals surface area contributed by atoms with Crippen LogP contribution >= 0.6 is 11.6 Å². The van der Waals surface area contributed by atoms with Gasteiger partial charge in [0.1, 0.15) is 5.78 Å². The number of sulfone groups is 1. The number of aliphatic hydroxyl groups is 1. The summed E-state index contributed by atoms with van der Waals surface area (Å²) in [7, 11) is -2.11. The van der Waals surface area contributed by atoms with Crippen LogP contribution in [0.5, 0.6) is 0 Å². The molecule has 12 heteroatoms. The predicted molar refractivity (Wildman–Crippen MR) is 147 cm³/mol. The minimum absolute atomic E-state index is 0.0834. The van der Waals surface area contributed by atoms with Gasteiger partial charge in [0.15, 0.2) is 27.3 Å². The number of likely N-dealkylation sites (tertiary alicyclic amines) is 1. The number of hydrogen-bond acceptors (Lipinski definition) is 6. The van der Waals surface area contributed by atoms with Gasteiger partial charge in [0.2, 0.25) is 0 Å². The Labute approximate surface area is 242 Å². The average Bonchev–Trinajstić information content (AvgIpc) is 3.38. The lowest BCUT2D eigenvalue weighted by Crippen LogP contribution is -2.48. The fourth-order valence-electron chi connectivity index (χ4n) is 6.95. The number of halogens is 4. The molecule has 41 heavy (non-hydrogen) atoms. The molecule has 3 fully saturated rings. The number of rotatable bonds is 8. The molecule has 1 aliphatic heterocycles. The van der Waals surface area contributed by atoms with Crippen molar-refractivity contribution in [2.45, 2.75) is 73.2 Å².